The van der Waals surface area contributed by atoms with Crippen LogP contribution in [0.25, 0.3) is 0 Å². The number of pyridine rings is 1. The fourth-order valence-corrected chi connectivity index (χ4v) is 3.79. The smallest absolute Gasteiger partial charge is 0.261 e. The summed E-state index contributed by atoms with van der Waals surface area (Å²) >= 11 is 0. The second-order valence-electron chi connectivity index (χ2n) is 7.52. The lowest BCUT2D eigenvalue weighted by atomic mass is 9.81. The summed E-state index contributed by atoms with van der Waals surface area (Å²) in [5, 5.41) is 2.64. The van der Waals surface area contributed by atoms with Gasteiger partial charge in [0.05, 0.1) is 7.11 Å². The third kappa shape index (κ3) is 4.40. The maximum atomic E-state index is 13.0. The predicted octanol–water partition coefficient (Wildman–Crippen LogP) is 3.37. The monoisotopic (exact) mass is 420 g/mol. The summed E-state index contributed by atoms with van der Waals surface area (Å²) in [4.78, 5) is 40.5. The lowest BCUT2D eigenvalue weighted by Gasteiger charge is -2.24. The van der Waals surface area contributed by atoms with Crippen LogP contribution in [0.3, 0.4) is 0 Å². The number of nitrogens with one attached hydrogen (secondary N) is 2. The van der Waals surface area contributed by atoms with E-state index in [-0.39, 0.29) is 29.6 Å². The minimum absolute atomic E-state index is 0.0558. The van der Waals surface area contributed by atoms with E-state index in [1.807, 2.05) is 24.3 Å². The van der Waals surface area contributed by atoms with Gasteiger partial charge >= 0.3 is 0 Å². The van der Waals surface area contributed by atoms with E-state index in [0.717, 1.165) is 11.3 Å². The molecule has 2 aromatic carbocycles. The number of rotatable bonds is 5. The maximum absolute atomic E-state index is 13.0. The van der Waals surface area contributed by atoms with Gasteiger partial charge in [0.15, 0.2) is 5.78 Å². The fourth-order valence-electron chi connectivity index (χ4n) is 3.79. The van der Waals surface area contributed by atoms with Crippen molar-refractivity contribution in [2.24, 2.45) is 0 Å². The average molecular weight is 420 g/mol. The molecule has 158 valence electrons. The van der Waals surface area contributed by atoms with E-state index in [1.165, 1.54) is 18.2 Å². The Kier molecular flexibility index (Phi) is 5.66. The number of halogens is 1. The molecule has 1 amide bonds. The zero-order valence-corrected chi connectivity index (χ0v) is 16.9. The number of fused-ring (bicyclic) bond motifs is 1. The highest BCUT2D eigenvalue weighted by Gasteiger charge is 2.28. The number of aromatic nitrogens is 1. The molecule has 1 unspecified atom stereocenters. The minimum Gasteiger partial charge on any atom is -0.497 e. The number of ketones is 1. The molecule has 0 aliphatic heterocycles. The van der Waals surface area contributed by atoms with Gasteiger partial charge in [-0.05, 0) is 53.8 Å². The lowest BCUT2D eigenvalue weighted by Crippen LogP contribution is -2.32. The van der Waals surface area contributed by atoms with E-state index < -0.39 is 11.5 Å². The normalized spacial score (nSPS) is 15.3. The molecule has 0 spiro atoms. The number of hydrogen-bond donors (Lipinski definition) is 2. The van der Waals surface area contributed by atoms with E-state index in [2.05, 4.69) is 10.3 Å². The van der Waals surface area contributed by atoms with Crippen LogP contribution in [0.5, 0.6) is 5.75 Å². The Bertz CT molecular complexity index is 1180. The van der Waals surface area contributed by atoms with E-state index in [9.17, 15) is 18.8 Å². The number of amides is 1. The molecule has 31 heavy (non-hydrogen) atoms. The van der Waals surface area contributed by atoms with Crippen molar-refractivity contribution in [2.75, 3.05) is 7.11 Å². The van der Waals surface area contributed by atoms with Crippen LogP contribution in [0, 0.1) is 5.82 Å². The van der Waals surface area contributed by atoms with Gasteiger partial charge in [-0.2, -0.15) is 0 Å². The molecule has 0 bridgehead atoms. The summed E-state index contributed by atoms with van der Waals surface area (Å²) in [6.45, 7) is 0.142. The molecule has 3 aromatic rings. The number of aromatic amines is 1. The zero-order valence-electron chi connectivity index (χ0n) is 16.9. The highest BCUT2D eigenvalue weighted by atomic mass is 19.1. The van der Waals surface area contributed by atoms with E-state index in [4.69, 9.17) is 4.74 Å². The van der Waals surface area contributed by atoms with Crippen LogP contribution in [0.4, 0.5) is 4.39 Å². The molecule has 0 radical (unpaired) electrons. The summed E-state index contributed by atoms with van der Waals surface area (Å²) in [6, 6.07) is 14.6. The quantitative estimate of drug-likeness (QED) is 0.663. The summed E-state index contributed by atoms with van der Waals surface area (Å²) in [6.07, 6.45) is 0.794. The maximum Gasteiger partial charge on any atom is 0.261 e. The van der Waals surface area contributed by atoms with E-state index in [0.29, 0.717) is 29.7 Å². The van der Waals surface area contributed by atoms with Crippen molar-refractivity contribution in [3.05, 3.63) is 98.7 Å². The Labute approximate surface area is 178 Å². The minimum atomic E-state index is -0.585. The molecule has 7 heteroatoms. The number of Topliss-reactive ketones (excluding diaryl/α,β-unsaturated/α-hetero) is 1. The Morgan fingerprint density at radius 3 is 2.48 bits per heavy atom. The highest BCUT2D eigenvalue weighted by molar-refractivity contribution is 6.02. The molecule has 6 nitrogen and oxygen atoms in total. The number of methoxy groups -OCH3 is 1. The summed E-state index contributed by atoms with van der Waals surface area (Å²) in [5.41, 5.74) is 1.94. The van der Waals surface area contributed by atoms with Gasteiger partial charge in [-0.1, -0.05) is 24.3 Å². The first-order valence-electron chi connectivity index (χ1n) is 9.90. The van der Waals surface area contributed by atoms with Gasteiger partial charge in [0.25, 0.3) is 11.5 Å². The van der Waals surface area contributed by atoms with Gasteiger partial charge in [-0.15, -0.1) is 0 Å². The van der Waals surface area contributed by atoms with Crippen molar-refractivity contribution in [1.82, 2.24) is 10.3 Å². The largest absolute Gasteiger partial charge is 0.497 e. The van der Waals surface area contributed by atoms with Gasteiger partial charge < -0.3 is 15.0 Å². The van der Waals surface area contributed by atoms with Crippen LogP contribution in [0.2, 0.25) is 0 Å². The standard InChI is InChI=1S/C24H21FN2O4/c1-31-18-8-4-15(5-9-18)16-10-21-19(22(28)11-16)12-20(24(30)27-21)23(29)26-13-14-2-6-17(25)7-3-14/h2-9,12,16H,10-11,13H2,1H3,(H,26,29)(H,27,30). The first kappa shape index (κ1) is 20.5. The van der Waals surface area contributed by atoms with Crippen LogP contribution < -0.4 is 15.6 Å². The van der Waals surface area contributed by atoms with Crippen LogP contribution in [0.15, 0.2) is 59.4 Å². The molecule has 1 atom stereocenters. The van der Waals surface area contributed by atoms with Gasteiger partial charge in [-0.3, -0.25) is 14.4 Å². The van der Waals surface area contributed by atoms with Crippen molar-refractivity contribution in [3.8, 4) is 5.75 Å². The Balaban J connectivity index is 1.52. The highest BCUT2D eigenvalue weighted by Crippen LogP contribution is 2.32. The molecule has 0 saturated carbocycles. The molecular weight excluding hydrogens is 399 g/mol. The van der Waals surface area contributed by atoms with Gasteiger partial charge in [0.1, 0.15) is 17.1 Å². The third-order valence-electron chi connectivity index (χ3n) is 5.50. The third-order valence-corrected chi connectivity index (χ3v) is 5.50. The number of carbonyl (C=O) groups excluding carboxylic acids is 2. The van der Waals surface area contributed by atoms with Crippen molar-refractivity contribution in [2.45, 2.75) is 25.3 Å². The molecule has 2 N–H and O–H groups in total. The fraction of sp³-hybridized carbons (Fsp3) is 0.208. The molecule has 0 saturated heterocycles. The van der Waals surface area contributed by atoms with Crippen LogP contribution >= 0.6 is 0 Å². The van der Waals surface area contributed by atoms with Crippen molar-refractivity contribution >= 4 is 11.7 Å². The van der Waals surface area contributed by atoms with Crippen molar-refractivity contribution in [3.63, 3.8) is 0 Å². The number of benzene rings is 2. The first-order chi connectivity index (χ1) is 14.9. The van der Waals surface area contributed by atoms with Crippen molar-refractivity contribution < 1.29 is 18.7 Å². The van der Waals surface area contributed by atoms with Gasteiger partial charge in [0, 0.05) is 24.2 Å². The first-order valence-corrected chi connectivity index (χ1v) is 9.90. The Hall–Kier alpha value is -3.74. The van der Waals surface area contributed by atoms with Gasteiger partial charge in [-0.25, -0.2) is 4.39 Å². The van der Waals surface area contributed by atoms with Crippen LogP contribution in [0.1, 0.15) is 49.9 Å². The van der Waals surface area contributed by atoms with Crippen molar-refractivity contribution in [1.29, 1.82) is 0 Å². The summed E-state index contributed by atoms with van der Waals surface area (Å²) in [7, 11) is 1.59. The van der Waals surface area contributed by atoms with Crippen LogP contribution in [-0.4, -0.2) is 23.8 Å². The second-order valence-corrected chi connectivity index (χ2v) is 7.52. The SMILES string of the molecule is COc1ccc(C2CC(=O)c3cc(C(=O)NCc4ccc(F)cc4)c(=O)[nH]c3C2)cc1. The van der Waals surface area contributed by atoms with Gasteiger partial charge in [0.2, 0.25) is 0 Å². The number of H-pyrrole nitrogens is 1. The van der Waals surface area contributed by atoms with E-state index >= 15 is 0 Å². The molecule has 1 aromatic heterocycles. The van der Waals surface area contributed by atoms with Crippen LogP contribution in [-0.2, 0) is 13.0 Å². The van der Waals surface area contributed by atoms with E-state index in [1.54, 1.807) is 19.2 Å². The average Bonchev–Trinajstić information content (AvgIpc) is 2.78. The Morgan fingerprint density at radius 2 is 1.81 bits per heavy atom. The molecule has 1 heterocycles. The summed E-state index contributed by atoms with van der Waals surface area (Å²) in [5.74, 6) is -0.396. The topological polar surface area (TPSA) is 88.3 Å². The molecule has 4 rings (SSSR count). The predicted molar refractivity (Wildman–Crippen MR) is 113 cm³/mol. The molecule has 0 fully saturated rings. The zero-order chi connectivity index (χ0) is 22.0. The molecular formula is C24H21FN2O4. The Morgan fingerprint density at radius 1 is 1.10 bits per heavy atom. The number of ether oxygens (including phenoxy) is 1. The number of hydrogen-bond acceptors (Lipinski definition) is 4. The lowest BCUT2D eigenvalue weighted by molar-refractivity contribution is 0.0949. The molecule has 1 aliphatic rings. The number of carbonyl (C=O) groups is 2. The molecule has 1 aliphatic carbocycles. The summed E-state index contributed by atoms with van der Waals surface area (Å²) < 4.78 is 18.2. The second kappa shape index (κ2) is 8.55.